The monoisotopic (exact) mass is 173 g/mol. The molecule has 0 aliphatic heterocycles. The molecular formula is C12H15N. The molecule has 0 fully saturated rings. The lowest BCUT2D eigenvalue weighted by Gasteiger charge is -1.82. The standard InChI is InChI=1S/C7H8.C5H7N/c1-7-5-3-2-4-6-7;1-6-4-2-3-5-6/h2-6H,1H3;2-5H,1H3. The summed E-state index contributed by atoms with van der Waals surface area (Å²) in [6.45, 7) is 2.08. The molecule has 0 bridgehead atoms. The van der Waals surface area contributed by atoms with E-state index in [4.69, 9.17) is 0 Å². The van der Waals surface area contributed by atoms with Crippen LogP contribution in [0.25, 0.3) is 0 Å². The van der Waals surface area contributed by atoms with Crippen molar-refractivity contribution in [1.29, 1.82) is 0 Å². The van der Waals surface area contributed by atoms with E-state index >= 15 is 0 Å². The summed E-state index contributed by atoms with van der Waals surface area (Å²) in [6, 6.07) is 14.3. The molecule has 2 rings (SSSR count). The van der Waals surface area contributed by atoms with Crippen molar-refractivity contribution in [2.45, 2.75) is 6.92 Å². The lowest BCUT2D eigenvalue weighted by molar-refractivity contribution is 0.928. The van der Waals surface area contributed by atoms with Crippen molar-refractivity contribution in [1.82, 2.24) is 4.57 Å². The van der Waals surface area contributed by atoms with Gasteiger partial charge < -0.3 is 4.57 Å². The highest BCUT2D eigenvalue weighted by Crippen LogP contribution is 1.92. The summed E-state index contributed by atoms with van der Waals surface area (Å²) in [5, 5.41) is 0. The summed E-state index contributed by atoms with van der Waals surface area (Å²) in [4.78, 5) is 0. The predicted molar refractivity (Wildman–Crippen MR) is 56.6 cm³/mol. The number of aromatic nitrogens is 1. The van der Waals surface area contributed by atoms with Crippen molar-refractivity contribution in [3.05, 3.63) is 60.4 Å². The average Bonchev–Trinajstić information content (AvgIpc) is 2.58. The molecule has 1 heterocycles. The minimum atomic E-state index is 1.32. The van der Waals surface area contributed by atoms with E-state index in [0.717, 1.165) is 0 Å². The molecule has 0 atom stereocenters. The van der Waals surface area contributed by atoms with Gasteiger partial charge in [-0.25, -0.2) is 0 Å². The van der Waals surface area contributed by atoms with E-state index in [9.17, 15) is 0 Å². The lowest BCUT2D eigenvalue weighted by Crippen LogP contribution is -1.75. The van der Waals surface area contributed by atoms with Gasteiger partial charge in [-0.3, -0.25) is 0 Å². The quantitative estimate of drug-likeness (QED) is 0.577. The molecule has 1 nitrogen and oxygen atoms in total. The number of hydrogen-bond acceptors (Lipinski definition) is 0. The van der Waals surface area contributed by atoms with Gasteiger partial charge in [-0.1, -0.05) is 35.9 Å². The Morgan fingerprint density at radius 1 is 0.846 bits per heavy atom. The fraction of sp³-hybridized carbons (Fsp3) is 0.167. The maximum atomic E-state index is 2.08. The zero-order valence-corrected chi connectivity index (χ0v) is 8.14. The number of benzene rings is 1. The molecule has 0 radical (unpaired) electrons. The molecule has 68 valence electrons. The number of nitrogens with zero attached hydrogens (tertiary/aromatic N) is 1. The Bertz CT molecular complexity index is 308. The molecule has 0 aliphatic carbocycles. The number of hydrogen-bond donors (Lipinski definition) is 0. The van der Waals surface area contributed by atoms with Gasteiger partial charge in [0.1, 0.15) is 0 Å². The Kier molecular flexibility index (Phi) is 3.83. The first-order valence-corrected chi connectivity index (χ1v) is 4.37. The smallest absolute Gasteiger partial charge is 0.0106 e. The lowest BCUT2D eigenvalue weighted by atomic mass is 10.2. The highest BCUT2D eigenvalue weighted by Gasteiger charge is 1.72. The number of aryl methyl sites for hydroxylation is 2. The van der Waals surface area contributed by atoms with Crippen LogP contribution in [0.2, 0.25) is 0 Å². The molecule has 0 saturated heterocycles. The Balaban J connectivity index is 0.000000132. The van der Waals surface area contributed by atoms with E-state index in [0.29, 0.717) is 0 Å². The topological polar surface area (TPSA) is 4.93 Å². The van der Waals surface area contributed by atoms with Crippen molar-refractivity contribution in [3.63, 3.8) is 0 Å². The normalized spacial score (nSPS) is 8.77. The molecule has 0 amide bonds. The molecule has 0 spiro atoms. The molecule has 0 aliphatic rings. The molecule has 0 unspecified atom stereocenters. The zero-order valence-electron chi connectivity index (χ0n) is 8.14. The summed E-state index contributed by atoms with van der Waals surface area (Å²) in [6.07, 6.45) is 4.00. The van der Waals surface area contributed by atoms with Crippen LogP contribution in [0.3, 0.4) is 0 Å². The van der Waals surface area contributed by atoms with Crippen LogP contribution in [0, 0.1) is 6.92 Å². The minimum Gasteiger partial charge on any atom is -0.357 e. The summed E-state index contributed by atoms with van der Waals surface area (Å²) >= 11 is 0. The largest absolute Gasteiger partial charge is 0.357 e. The first-order valence-electron chi connectivity index (χ1n) is 4.37. The van der Waals surface area contributed by atoms with Gasteiger partial charge >= 0.3 is 0 Å². The van der Waals surface area contributed by atoms with E-state index in [2.05, 4.69) is 19.1 Å². The van der Waals surface area contributed by atoms with E-state index in [1.165, 1.54) is 5.56 Å². The van der Waals surface area contributed by atoms with Crippen molar-refractivity contribution in [2.75, 3.05) is 0 Å². The van der Waals surface area contributed by atoms with Crippen molar-refractivity contribution in [3.8, 4) is 0 Å². The van der Waals surface area contributed by atoms with Gasteiger partial charge in [0.15, 0.2) is 0 Å². The van der Waals surface area contributed by atoms with Crippen LogP contribution >= 0.6 is 0 Å². The molecular weight excluding hydrogens is 158 g/mol. The highest BCUT2D eigenvalue weighted by molar-refractivity contribution is 5.11. The van der Waals surface area contributed by atoms with Crippen LogP contribution in [-0.4, -0.2) is 4.57 Å². The van der Waals surface area contributed by atoms with Gasteiger partial charge in [0.25, 0.3) is 0 Å². The molecule has 1 heteroatoms. The van der Waals surface area contributed by atoms with Crippen molar-refractivity contribution in [2.24, 2.45) is 7.05 Å². The Labute approximate surface area is 79.6 Å². The molecule has 2 aromatic rings. The second-order valence-electron chi connectivity index (χ2n) is 3.00. The first-order chi connectivity index (χ1) is 6.29. The van der Waals surface area contributed by atoms with Crippen LogP contribution in [0.15, 0.2) is 54.9 Å². The third kappa shape index (κ3) is 4.16. The van der Waals surface area contributed by atoms with Crippen LogP contribution in [0.1, 0.15) is 5.56 Å². The van der Waals surface area contributed by atoms with Crippen LogP contribution in [0.5, 0.6) is 0 Å². The van der Waals surface area contributed by atoms with Crippen LogP contribution < -0.4 is 0 Å². The summed E-state index contributed by atoms with van der Waals surface area (Å²) in [5.74, 6) is 0. The summed E-state index contributed by atoms with van der Waals surface area (Å²) < 4.78 is 2.00. The van der Waals surface area contributed by atoms with Gasteiger partial charge in [0, 0.05) is 19.4 Å². The fourth-order valence-corrected chi connectivity index (χ4v) is 0.955. The van der Waals surface area contributed by atoms with Gasteiger partial charge in [-0.15, -0.1) is 0 Å². The van der Waals surface area contributed by atoms with Crippen LogP contribution in [-0.2, 0) is 7.05 Å². The summed E-state index contributed by atoms with van der Waals surface area (Å²) in [5.41, 5.74) is 1.32. The average molecular weight is 173 g/mol. The Morgan fingerprint density at radius 2 is 1.38 bits per heavy atom. The van der Waals surface area contributed by atoms with E-state index in [1.54, 1.807) is 0 Å². The van der Waals surface area contributed by atoms with Gasteiger partial charge in [-0.2, -0.15) is 0 Å². The maximum Gasteiger partial charge on any atom is 0.0106 e. The third-order valence-electron chi connectivity index (χ3n) is 1.69. The minimum absolute atomic E-state index is 1.32. The molecule has 0 N–H and O–H groups in total. The maximum absolute atomic E-state index is 2.08. The van der Waals surface area contributed by atoms with Gasteiger partial charge in [0.2, 0.25) is 0 Å². The summed E-state index contributed by atoms with van der Waals surface area (Å²) in [7, 11) is 2.00. The predicted octanol–water partition coefficient (Wildman–Crippen LogP) is 3.02. The second-order valence-corrected chi connectivity index (χ2v) is 3.00. The molecule has 13 heavy (non-hydrogen) atoms. The van der Waals surface area contributed by atoms with E-state index in [-0.39, 0.29) is 0 Å². The van der Waals surface area contributed by atoms with Crippen molar-refractivity contribution >= 4 is 0 Å². The van der Waals surface area contributed by atoms with Crippen LogP contribution in [0.4, 0.5) is 0 Å². The second kappa shape index (κ2) is 5.20. The fourth-order valence-electron chi connectivity index (χ4n) is 0.955. The molecule has 1 aromatic carbocycles. The molecule has 0 saturated carbocycles. The first kappa shape index (κ1) is 9.59. The van der Waals surface area contributed by atoms with E-state index < -0.39 is 0 Å². The van der Waals surface area contributed by atoms with Gasteiger partial charge in [0.05, 0.1) is 0 Å². The Hall–Kier alpha value is -1.50. The SMILES string of the molecule is Cc1ccccc1.Cn1cccc1. The Morgan fingerprint density at radius 3 is 1.62 bits per heavy atom. The highest BCUT2D eigenvalue weighted by atomic mass is 14.9. The van der Waals surface area contributed by atoms with Gasteiger partial charge in [-0.05, 0) is 19.1 Å². The van der Waals surface area contributed by atoms with E-state index in [1.807, 2.05) is 54.3 Å². The molecule has 1 aromatic heterocycles. The third-order valence-corrected chi connectivity index (χ3v) is 1.69. The number of rotatable bonds is 0. The zero-order chi connectivity index (χ0) is 9.52. The van der Waals surface area contributed by atoms with Crippen molar-refractivity contribution < 1.29 is 0 Å².